The molecule has 2 saturated heterocycles. The van der Waals surface area contributed by atoms with Crippen molar-refractivity contribution in [1.82, 2.24) is 10.2 Å². The van der Waals surface area contributed by atoms with Crippen molar-refractivity contribution < 1.29 is 29.0 Å². The highest BCUT2D eigenvalue weighted by Crippen LogP contribution is 2.35. The summed E-state index contributed by atoms with van der Waals surface area (Å²) >= 11 is 0. The summed E-state index contributed by atoms with van der Waals surface area (Å²) in [5, 5.41) is 12.2. The van der Waals surface area contributed by atoms with Crippen LogP contribution in [0.3, 0.4) is 0 Å². The fraction of sp³-hybridized carbons (Fsp3) is 0.450. The maximum atomic E-state index is 12.7. The lowest BCUT2D eigenvalue weighted by Crippen LogP contribution is -2.74. The lowest BCUT2D eigenvalue weighted by atomic mass is 9.88. The van der Waals surface area contributed by atoms with Crippen molar-refractivity contribution in [1.29, 1.82) is 0 Å². The molecular formula is C20H24N2O6. The van der Waals surface area contributed by atoms with Gasteiger partial charge in [0.25, 0.3) is 5.91 Å². The number of hydrogen-bond donors (Lipinski definition) is 2. The number of carboxylic acids is 1. The summed E-state index contributed by atoms with van der Waals surface area (Å²) in [5.41, 5.74) is 0.679. The van der Waals surface area contributed by atoms with Gasteiger partial charge in [0.05, 0.1) is 19.1 Å². The summed E-state index contributed by atoms with van der Waals surface area (Å²) in [6, 6.07) is 7.64. The lowest BCUT2D eigenvalue weighted by molar-refractivity contribution is -0.172. The predicted molar refractivity (Wildman–Crippen MR) is 99.0 cm³/mol. The Morgan fingerprint density at radius 2 is 2.00 bits per heavy atom. The number of carbonyl (C=O) groups excluding carboxylic acids is 2. The second-order valence-electron chi connectivity index (χ2n) is 7.25. The molecule has 0 radical (unpaired) electrons. The highest BCUT2D eigenvalue weighted by molar-refractivity contribution is 6.01. The van der Waals surface area contributed by atoms with E-state index >= 15 is 0 Å². The van der Waals surface area contributed by atoms with Crippen LogP contribution in [0.15, 0.2) is 42.1 Å². The van der Waals surface area contributed by atoms with Crippen molar-refractivity contribution >= 4 is 17.8 Å². The Balaban J connectivity index is 1.78. The Kier molecular flexibility index (Phi) is 5.53. The Morgan fingerprint density at radius 1 is 1.32 bits per heavy atom. The molecule has 2 aliphatic heterocycles. The Labute approximate surface area is 163 Å². The maximum absolute atomic E-state index is 12.7. The zero-order valence-corrected chi connectivity index (χ0v) is 16.0. The molecule has 3 rings (SSSR count). The number of nitrogens with zero attached hydrogens (tertiary/aromatic N) is 1. The average Bonchev–Trinajstić information content (AvgIpc) is 2.99. The van der Waals surface area contributed by atoms with Gasteiger partial charge in [-0.2, -0.15) is 0 Å². The topological polar surface area (TPSA) is 105 Å². The van der Waals surface area contributed by atoms with Gasteiger partial charge in [-0.3, -0.25) is 14.5 Å². The minimum absolute atomic E-state index is 0.125. The molecule has 0 unspecified atom stereocenters. The van der Waals surface area contributed by atoms with E-state index in [9.17, 15) is 19.5 Å². The third-order valence-electron chi connectivity index (χ3n) is 4.83. The molecule has 2 heterocycles. The van der Waals surface area contributed by atoms with Gasteiger partial charge in [-0.15, -0.1) is 0 Å². The molecule has 2 amide bonds. The van der Waals surface area contributed by atoms with Crippen molar-refractivity contribution in [3.63, 3.8) is 0 Å². The molecule has 0 spiro atoms. The van der Waals surface area contributed by atoms with Crippen molar-refractivity contribution in [3.05, 3.63) is 47.7 Å². The van der Waals surface area contributed by atoms with Gasteiger partial charge in [-0.05, 0) is 26.3 Å². The molecule has 0 saturated carbocycles. The lowest BCUT2D eigenvalue weighted by Gasteiger charge is -2.49. The van der Waals surface area contributed by atoms with Gasteiger partial charge < -0.3 is 19.9 Å². The van der Waals surface area contributed by atoms with Crippen LogP contribution in [-0.2, 0) is 30.3 Å². The first-order chi connectivity index (χ1) is 13.2. The highest BCUT2D eigenvalue weighted by atomic mass is 16.7. The highest BCUT2D eigenvalue weighted by Gasteiger charge is 2.57. The van der Waals surface area contributed by atoms with Crippen LogP contribution in [0, 0.1) is 0 Å². The minimum Gasteiger partial charge on any atom is -0.477 e. The van der Waals surface area contributed by atoms with Crippen molar-refractivity contribution in [2.24, 2.45) is 0 Å². The van der Waals surface area contributed by atoms with Crippen LogP contribution in [0.1, 0.15) is 26.3 Å². The molecule has 1 aromatic rings. The largest absolute Gasteiger partial charge is 0.477 e. The van der Waals surface area contributed by atoms with Crippen molar-refractivity contribution in [2.75, 3.05) is 6.61 Å². The predicted octanol–water partition coefficient (Wildman–Crippen LogP) is 1.06. The Hall–Kier alpha value is -2.71. The van der Waals surface area contributed by atoms with Gasteiger partial charge in [0, 0.05) is 0 Å². The SMILES string of the molecule is C/C=C(/C(=O)O)N1C(=O)[C@@H](NC(=O)Cc2ccccc2)[C@H]1[C@@H]1COC(C)(C)O1. The number of nitrogens with one attached hydrogen (secondary N) is 1. The summed E-state index contributed by atoms with van der Waals surface area (Å²) < 4.78 is 11.4. The van der Waals surface area contributed by atoms with Crippen molar-refractivity contribution in [3.8, 4) is 0 Å². The molecule has 2 N–H and O–H groups in total. The van der Waals surface area contributed by atoms with Gasteiger partial charge in [-0.1, -0.05) is 36.4 Å². The molecule has 8 nitrogen and oxygen atoms in total. The second kappa shape index (κ2) is 7.73. The number of rotatable bonds is 6. The van der Waals surface area contributed by atoms with Gasteiger partial charge >= 0.3 is 5.97 Å². The Bertz CT molecular complexity index is 804. The number of aliphatic carboxylic acids is 1. The van der Waals surface area contributed by atoms with Gasteiger partial charge in [0.15, 0.2) is 5.79 Å². The second-order valence-corrected chi connectivity index (χ2v) is 7.25. The molecule has 28 heavy (non-hydrogen) atoms. The summed E-state index contributed by atoms with van der Waals surface area (Å²) in [4.78, 5) is 37.9. The van der Waals surface area contributed by atoms with Crippen LogP contribution >= 0.6 is 0 Å². The van der Waals surface area contributed by atoms with Crippen LogP contribution in [0.2, 0.25) is 0 Å². The third kappa shape index (κ3) is 3.93. The number of likely N-dealkylation sites (tertiary alicyclic amines) is 1. The fourth-order valence-electron chi connectivity index (χ4n) is 3.57. The molecule has 0 aromatic heterocycles. The van der Waals surface area contributed by atoms with E-state index in [0.717, 1.165) is 5.56 Å². The van der Waals surface area contributed by atoms with Crippen LogP contribution in [-0.4, -0.2) is 58.4 Å². The number of allylic oxidation sites excluding steroid dienone is 1. The van der Waals surface area contributed by atoms with Crippen LogP contribution < -0.4 is 5.32 Å². The van der Waals surface area contributed by atoms with E-state index in [1.807, 2.05) is 30.3 Å². The molecule has 2 aliphatic rings. The molecule has 8 heteroatoms. The number of benzene rings is 1. The first-order valence-electron chi connectivity index (χ1n) is 9.11. The number of carboxylic acid groups (broad SMARTS) is 1. The number of hydrogen-bond acceptors (Lipinski definition) is 5. The van der Waals surface area contributed by atoms with E-state index < -0.39 is 35.9 Å². The molecule has 0 aliphatic carbocycles. The summed E-state index contributed by atoms with van der Waals surface area (Å²) in [6.45, 7) is 5.23. The van der Waals surface area contributed by atoms with Crippen LogP contribution in [0.5, 0.6) is 0 Å². The first kappa shape index (κ1) is 20.0. The quantitative estimate of drug-likeness (QED) is 0.558. The molecule has 1 aromatic carbocycles. The van der Waals surface area contributed by atoms with E-state index in [4.69, 9.17) is 9.47 Å². The van der Waals surface area contributed by atoms with Crippen LogP contribution in [0.4, 0.5) is 0 Å². The summed E-state index contributed by atoms with van der Waals surface area (Å²) in [7, 11) is 0. The minimum atomic E-state index is -1.21. The number of carbonyl (C=O) groups is 3. The normalized spacial score (nSPS) is 26.7. The first-order valence-corrected chi connectivity index (χ1v) is 9.11. The smallest absolute Gasteiger partial charge is 0.352 e. The summed E-state index contributed by atoms with van der Waals surface area (Å²) in [6.07, 6.45) is 0.931. The van der Waals surface area contributed by atoms with E-state index in [-0.39, 0.29) is 24.6 Å². The zero-order chi connectivity index (χ0) is 20.5. The number of ether oxygens (including phenoxy) is 2. The standard InChI is InChI=1S/C20H24N2O6/c1-4-13(19(25)26)22-17(14-11-27-20(2,3)28-14)16(18(22)24)21-15(23)10-12-8-6-5-7-9-12/h4-9,14,16-17H,10-11H2,1-3H3,(H,21,23)(H,25,26)/b13-4-/t14-,16-,17+/m0/s1. The number of amides is 2. The van der Waals surface area contributed by atoms with E-state index in [1.165, 1.54) is 11.0 Å². The van der Waals surface area contributed by atoms with Gasteiger partial charge in [-0.25, -0.2) is 4.79 Å². The maximum Gasteiger partial charge on any atom is 0.352 e. The van der Waals surface area contributed by atoms with E-state index in [1.54, 1.807) is 20.8 Å². The number of β-lactam (4-membered cyclic amide) rings is 1. The molecule has 150 valence electrons. The molecule has 2 fully saturated rings. The fourth-order valence-corrected chi connectivity index (χ4v) is 3.57. The van der Waals surface area contributed by atoms with E-state index in [0.29, 0.717) is 0 Å². The monoisotopic (exact) mass is 388 g/mol. The molecular weight excluding hydrogens is 364 g/mol. The van der Waals surface area contributed by atoms with Gasteiger partial charge in [0.1, 0.15) is 17.8 Å². The third-order valence-corrected chi connectivity index (χ3v) is 4.83. The van der Waals surface area contributed by atoms with Gasteiger partial charge in [0.2, 0.25) is 5.91 Å². The zero-order valence-electron chi connectivity index (χ0n) is 16.0. The van der Waals surface area contributed by atoms with Crippen LogP contribution in [0.25, 0.3) is 0 Å². The van der Waals surface area contributed by atoms with E-state index in [2.05, 4.69) is 5.32 Å². The summed E-state index contributed by atoms with van der Waals surface area (Å²) in [5.74, 6) is -2.85. The average molecular weight is 388 g/mol. The van der Waals surface area contributed by atoms with Crippen molar-refractivity contribution in [2.45, 2.75) is 51.2 Å². The Morgan fingerprint density at radius 3 is 2.54 bits per heavy atom. The molecule has 3 atom stereocenters. The molecule has 0 bridgehead atoms.